The van der Waals surface area contributed by atoms with Crippen molar-refractivity contribution in [2.24, 2.45) is 0 Å². The summed E-state index contributed by atoms with van der Waals surface area (Å²) in [6, 6.07) is 19.9. The average Bonchev–Trinajstić information content (AvgIpc) is 2.79. The summed E-state index contributed by atoms with van der Waals surface area (Å²) in [5, 5.41) is 0. The molecule has 1 fully saturated rings. The van der Waals surface area contributed by atoms with Gasteiger partial charge in [0.2, 0.25) is 0 Å². The van der Waals surface area contributed by atoms with Gasteiger partial charge < -0.3 is 14.7 Å². The molecule has 0 spiro atoms. The topological polar surface area (TPSA) is 39.7 Å². The van der Waals surface area contributed by atoms with Crippen molar-refractivity contribution >= 4 is 23.1 Å². The minimum Gasteiger partial charge on any atom is -0.368 e. The van der Waals surface area contributed by atoms with Gasteiger partial charge in [0, 0.05) is 50.8 Å². The van der Waals surface area contributed by atoms with Gasteiger partial charge in [-0.05, 0) is 48.5 Å². The number of carbonyl (C=O) groups is 1. The molecular formula is C23H23FN4O. The number of para-hydroxylation sites is 1. The molecule has 1 saturated heterocycles. The summed E-state index contributed by atoms with van der Waals surface area (Å²) in [6.45, 7) is 3.32. The quantitative estimate of drug-likeness (QED) is 0.679. The third-order valence-electron chi connectivity index (χ3n) is 5.24. The fraction of sp³-hybridized carbons (Fsp3) is 0.217. The average molecular weight is 390 g/mol. The molecule has 0 atom stereocenters. The number of rotatable bonds is 4. The number of hydrogen-bond donors (Lipinski definition) is 0. The number of benzene rings is 2. The van der Waals surface area contributed by atoms with E-state index >= 15 is 0 Å². The van der Waals surface area contributed by atoms with Crippen LogP contribution in [0, 0.1) is 5.82 Å². The van der Waals surface area contributed by atoms with Crippen LogP contribution >= 0.6 is 0 Å². The van der Waals surface area contributed by atoms with Crippen molar-refractivity contribution in [3.8, 4) is 0 Å². The Balaban J connectivity index is 1.38. The van der Waals surface area contributed by atoms with Gasteiger partial charge in [-0.2, -0.15) is 0 Å². The first-order valence-corrected chi connectivity index (χ1v) is 9.66. The number of halogens is 1. The largest absolute Gasteiger partial charge is 0.368 e. The lowest BCUT2D eigenvalue weighted by molar-refractivity contribution is 0.0992. The van der Waals surface area contributed by atoms with E-state index in [0.29, 0.717) is 5.56 Å². The van der Waals surface area contributed by atoms with Gasteiger partial charge >= 0.3 is 0 Å². The molecule has 1 amide bonds. The van der Waals surface area contributed by atoms with Gasteiger partial charge in [0.15, 0.2) is 0 Å². The molecular weight excluding hydrogens is 367 g/mol. The summed E-state index contributed by atoms with van der Waals surface area (Å²) in [5.41, 5.74) is 2.44. The summed E-state index contributed by atoms with van der Waals surface area (Å²) in [7, 11) is 1.76. The molecule has 6 heteroatoms. The van der Waals surface area contributed by atoms with E-state index in [1.807, 2.05) is 54.6 Å². The highest BCUT2D eigenvalue weighted by Gasteiger charge is 2.19. The van der Waals surface area contributed by atoms with E-state index in [4.69, 9.17) is 0 Å². The molecule has 0 unspecified atom stereocenters. The van der Waals surface area contributed by atoms with E-state index < -0.39 is 0 Å². The first kappa shape index (κ1) is 18.9. The number of amides is 1. The van der Waals surface area contributed by atoms with Gasteiger partial charge in [-0.15, -0.1) is 0 Å². The second kappa shape index (κ2) is 8.31. The van der Waals surface area contributed by atoms with Gasteiger partial charge in [-0.25, -0.2) is 9.37 Å². The molecule has 0 radical (unpaired) electrons. The minimum atomic E-state index is -0.218. The highest BCUT2D eigenvalue weighted by Crippen LogP contribution is 2.21. The molecule has 1 aliphatic rings. The van der Waals surface area contributed by atoms with Crippen LogP contribution in [0.2, 0.25) is 0 Å². The first-order valence-electron chi connectivity index (χ1n) is 9.66. The molecule has 0 N–H and O–H groups in total. The highest BCUT2D eigenvalue weighted by molar-refractivity contribution is 6.05. The molecule has 5 nitrogen and oxygen atoms in total. The van der Waals surface area contributed by atoms with Crippen LogP contribution in [0.15, 0.2) is 72.9 Å². The molecule has 3 aromatic rings. The number of anilines is 3. The summed E-state index contributed by atoms with van der Waals surface area (Å²) >= 11 is 0. The van der Waals surface area contributed by atoms with E-state index in [1.165, 1.54) is 12.1 Å². The van der Waals surface area contributed by atoms with Crippen molar-refractivity contribution in [2.45, 2.75) is 0 Å². The Morgan fingerprint density at radius 3 is 2.17 bits per heavy atom. The second-order valence-electron chi connectivity index (χ2n) is 7.06. The SMILES string of the molecule is CN(C(=O)c1ccc(N2CCN(c3ccc(F)cc3)CC2)nc1)c1ccccc1. The highest BCUT2D eigenvalue weighted by atomic mass is 19.1. The fourth-order valence-electron chi connectivity index (χ4n) is 3.51. The third-order valence-corrected chi connectivity index (χ3v) is 5.24. The predicted molar refractivity (Wildman–Crippen MR) is 114 cm³/mol. The van der Waals surface area contributed by atoms with Crippen molar-refractivity contribution in [1.82, 2.24) is 4.98 Å². The zero-order chi connectivity index (χ0) is 20.2. The van der Waals surface area contributed by atoms with E-state index in [0.717, 1.165) is 43.4 Å². The fourth-order valence-corrected chi connectivity index (χ4v) is 3.51. The number of hydrogen-bond acceptors (Lipinski definition) is 4. The number of carbonyl (C=O) groups excluding carboxylic acids is 1. The normalized spacial score (nSPS) is 14.0. The molecule has 0 aliphatic carbocycles. The van der Waals surface area contributed by atoms with Crippen LogP contribution in [0.1, 0.15) is 10.4 Å². The van der Waals surface area contributed by atoms with Gasteiger partial charge in [-0.3, -0.25) is 4.79 Å². The molecule has 29 heavy (non-hydrogen) atoms. The van der Waals surface area contributed by atoms with Crippen LogP contribution in [0.3, 0.4) is 0 Å². The zero-order valence-corrected chi connectivity index (χ0v) is 16.3. The summed E-state index contributed by atoms with van der Waals surface area (Å²) in [4.78, 5) is 23.3. The van der Waals surface area contributed by atoms with Crippen LogP contribution in [-0.2, 0) is 0 Å². The van der Waals surface area contributed by atoms with E-state index in [1.54, 1.807) is 18.1 Å². The number of pyridine rings is 1. The van der Waals surface area contributed by atoms with Gasteiger partial charge in [0.05, 0.1) is 5.56 Å². The van der Waals surface area contributed by atoms with Crippen LogP contribution in [0.4, 0.5) is 21.6 Å². The zero-order valence-electron chi connectivity index (χ0n) is 16.3. The lowest BCUT2D eigenvalue weighted by Crippen LogP contribution is -2.46. The van der Waals surface area contributed by atoms with E-state index in [9.17, 15) is 9.18 Å². The lowest BCUT2D eigenvalue weighted by Gasteiger charge is -2.36. The Hall–Kier alpha value is -3.41. The molecule has 0 saturated carbocycles. The van der Waals surface area contributed by atoms with Crippen LogP contribution < -0.4 is 14.7 Å². The second-order valence-corrected chi connectivity index (χ2v) is 7.06. The Morgan fingerprint density at radius 2 is 1.55 bits per heavy atom. The standard InChI is InChI=1S/C23H23FN4O/c1-26(20-5-3-2-4-6-20)23(29)18-7-12-22(25-17-18)28-15-13-27(14-16-28)21-10-8-19(24)9-11-21/h2-12,17H,13-16H2,1H3. The molecule has 2 aromatic carbocycles. The minimum absolute atomic E-state index is 0.0867. The number of nitrogens with zero attached hydrogens (tertiary/aromatic N) is 4. The van der Waals surface area contributed by atoms with Crippen LogP contribution in [-0.4, -0.2) is 44.1 Å². The molecule has 2 heterocycles. The predicted octanol–water partition coefficient (Wildman–Crippen LogP) is 3.82. The Kier molecular flexibility index (Phi) is 5.42. The maximum absolute atomic E-state index is 13.1. The Labute approximate surface area is 170 Å². The van der Waals surface area contributed by atoms with Crippen molar-refractivity contribution in [2.75, 3.05) is 47.9 Å². The van der Waals surface area contributed by atoms with Crippen molar-refractivity contribution in [1.29, 1.82) is 0 Å². The van der Waals surface area contributed by atoms with Crippen LogP contribution in [0.5, 0.6) is 0 Å². The maximum atomic E-state index is 13.1. The maximum Gasteiger partial charge on any atom is 0.259 e. The third kappa shape index (κ3) is 4.21. The van der Waals surface area contributed by atoms with Gasteiger partial charge in [0.1, 0.15) is 11.6 Å². The smallest absolute Gasteiger partial charge is 0.259 e. The Morgan fingerprint density at radius 1 is 0.897 bits per heavy atom. The number of piperazine rings is 1. The van der Waals surface area contributed by atoms with Crippen molar-refractivity contribution in [3.63, 3.8) is 0 Å². The van der Waals surface area contributed by atoms with Crippen molar-refractivity contribution in [3.05, 3.63) is 84.3 Å². The Bertz CT molecular complexity index is 952. The molecule has 1 aromatic heterocycles. The monoisotopic (exact) mass is 390 g/mol. The van der Waals surface area contributed by atoms with Gasteiger partial charge in [0.25, 0.3) is 5.91 Å². The first-order chi connectivity index (χ1) is 14.1. The molecule has 148 valence electrons. The van der Waals surface area contributed by atoms with E-state index in [-0.39, 0.29) is 11.7 Å². The van der Waals surface area contributed by atoms with Gasteiger partial charge in [-0.1, -0.05) is 18.2 Å². The molecule has 0 bridgehead atoms. The summed E-state index contributed by atoms with van der Waals surface area (Å²) in [6.07, 6.45) is 1.64. The molecule has 4 rings (SSSR count). The summed E-state index contributed by atoms with van der Waals surface area (Å²) < 4.78 is 13.1. The van der Waals surface area contributed by atoms with Crippen LogP contribution in [0.25, 0.3) is 0 Å². The van der Waals surface area contributed by atoms with E-state index in [2.05, 4.69) is 14.8 Å². The molecule has 1 aliphatic heterocycles. The summed E-state index contributed by atoms with van der Waals surface area (Å²) in [5.74, 6) is 0.559. The van der Waals surface area contributed by atoms with Crippen molar-refractivity contribution < 1.29 is 9.18 Å². The lowest BCUT2D eigenvalue weighted by atomic mass is 10.2. The number of aromatic nitrogens is 1.